The van der Waals surface area contributed by atoms with E-state index in [2.05, 4.69) is 74.6 Å². The Kier molecular flexibility index (Phi) is 31.7. The average molecular weight is 559 g/mol. The molecule has 0 heterocycles. The summed E-state index contributed by atoms with van der Waals surface area (Å²) in [5, 5.41) is 9.41. The molecule has 0 aliphatic carbocycles. The standard InChI is InChI=1S/C36H62O4/c1-3-5-7-9-10-11-12-13-14-15-16-17-18-19-20-21-22-23-24-25-26-27-28-30-32-39-34-35(33-37)40-36(38)31-29-8-6-4-2/h5,7,10-11,13-14,16-17,19-20,35,37H,3-4,6,8-9,12,15,18,21-34H2,1-2H3/b7-5-,11-10-,14-13-,17-16-,20-19-. The van der Waals surface area contributed by atoms with Gasteiger partial charge >= 0.3 is 5.97 Å². The molecule has 0 fully saturated rings. The van der Waals surface area contributed by atoms with E-state index in [4.69, 9.17) is 9.47 Å². The van der Waals surface area contributed by atoms with Gasteiger partial charge in [-0.05, 0) is 57.8 Å². The molecule has 0 aromatic heterocycles. The highest BCUT2D eigenvalue weighted by Gasteiger charge is 2.13. The van der Waals surface area contributed by atoms with Crippen LogP contribution in [0.25, 0.3) is 0 Å². The van der Waals surface area contributed by atoms with Gasteiger partial charge in [-0.15, -0.1) is 0 Å². The number of aliphatic hydroxyl groups is 1. The number of aliphatic hydroxyl groups excluding tert-OH is 1. The monoisotopic (exact) mass is 558 g/mol. The molecular weight excluding hydrogens is 496 g/mol. The van der Waals surface area contributed by atoms with Crippen LogP contribution in [0.5, 0.6) is 0 Å². The number of carbonyl (C=O) groups is 1. The molecule has 0 aromatic rings. The number of ether oxygens (including phenoxy) is 2. The van der Waals surface area contributed by atoms with Crippen molar-refractivity contribution in [3.8, 4) is 0 Å². The van der Waals surface area contributed by atoms with Crippen LogP contribution in [0, 0.1) is 0 Å². The molecule has 0 aliphatic rings. The maximum atomic E-state index is 11.8. The zero-order chi connectivity index (χ0) is 29.2. The lowest BCUT2D eigenvalue weighted by Crippen LogP contribution is -2.27. The van der Waals surface area contributed by atoms with E-state index >= 15 is 0 Å². The summed E-state index contributed by atoms with van der Waals surface area (Å²) in [4.78, 5) is 11.8. The van der Waals surface area contributed by atoms with E-state index in [1.807, 2.05) is 0 Å². The van der Waals surface area contributed by atoms with Crippen LogP contribution in [-0.2, 0) is 14.3 Å². The number of hydrogen-bond donors (Lipinski definition) is 1. The first-order valence-electron chi connectivity index (χ1n) is 16.4. The van der Waals surface area contributed by atoms with Crippen LogP contribution in [0.2, 0.25) is 0 Å². The van der Waals surface area contributed by atoms with Crippen LogP contribution in [-0.4, -0.2) is 37.0 Å². The van der Waals surface area contributed by atoms with Gasteiger partial charge in [0, 0.05) is 13.0 Å². The largest absolute Gasteiger partial charge is 0.457 e. The first-order chi connectivity index (χ1) is 19.7. The predicted octanol–water partition coefficient (Wildman–Crippen LogP) is 10.1. The molecule has 230 valence electrons. The second kappa shape index (κ2) is 33.3. The van der Waals surface area contributed by atoms with Crippen molar-refractivity contribution in [3.05, 3.63) is 60.8 Å². The van der Waals surface area contributed by atoms with Crippen LogP contribution < -0.4 is 0 Å². The highest BCUT2D eigenvalue weighted by molar-refractivity contribution is 5.69. The summed E-state index contributed by atoms with van der Waals surface area (Å²) < 4.78 is 10.9. The lowest BCUT2D eigenvalue weighted by atomic mass is 10.1. The van der Waals surface area contributed by atoms with E-state index in [-0.39, 0.29) is 19.2 Å². The molecule has 0 spiro atoms. The summed E-state index contributed by atoms with van der Waals surface area (Å²) in [7, 11) is 0. The van der Waals surface area contributed by atoms with Gasteiger partial charge in [0.15, 0.2) is 0 Å². The van der Waals surface area contributed by atoms with Gasteiger partial charge in [-0.3, -0.25) is 4.79 Å². The third-order valence-electron chi connectivity index (χ3n) is 6.61. The van der Waals surface area contributed by atoms with Crippen molar-refractivity contribution >= 4 is 5.97 Å². The first kappa shape index (κ1) is 38.1. The topological polar surface area (TPSA) is 55.8 Å². The molecule has 0 bridgehead atoms. The molecule has 1 unspecified atom stereocenters. The van der Waals surface area contributed by atoms with E-state index in [0.29, 0.717) is 13.0 Å². The Morgan fingerprint density at radius 3 is 1.68 bits per heavy atom. The summed E-state index contributed by atoms with van der Waals surface area (Å²) in [6, 6.07) is 0. The van der Waals surface area contributed by atoms with Crippen molar-refractivity contribution in [2.45, 2.75) is 142 Å². The Bertz CT molecular complexity index is 674. The van der Waals surface area contributed by atoms with Gasteiger partial charge in [-0.25, -0.2) is 0 Å². The number of carbonyl (C=O) groups excluding carboxylic acids is 1. The van der Waals surface area contributed by atoms with Gasteiger partial charge in [-0.1, -0.05) is 132 Å². The zero-order valence-corrected chi connectivity index (χ0v) is 26.1. The van der Waals surface area contributed by atoms with Crippen molar-refractivity contribution in [3.63, 3.8) is 0 Å². The first-order valence-corrected chi connectivity index (χ1v) is 16.4. The van der Waals surface area contributed by atoms with Crippen LogP contribution in [0.15, 0.2) is 60.8 Å². The van der Waals surface area contributed by atoms with Crippen LogP contribution in [0.4, 0.5) is 0 Å². The lowest BCUT2D eigenvalue weighted by molar-refractivity contribution is -0.154. The minimum absolute atomic E-state index is 0.179. The third-order valence-corrected chi connectivity index (χ3v) is 6.61. The van der Waals surface area contributed by atoms with Gasteiger partial charge in [-0.2, -0.15) is 0 Å². The second-order valence-electron chi connectivity index (χ2n) is 10.5. The Morgan fingerprint density at radius 2 is 1.12 bits per heavy atom. The van der Waals surface area contributed by atoms with Gasteiger partial charge in [0.1, 0.15) is 6.10 Å². The normalized spacial score (nSPS) is 13.2. The van der Waals surface area contributed by atoms with Crippen molar-refractivity contribution in [2.75, 3.05) is 19.8 Å². The minimum Gasteiger partial charge on any atom is -0.457 e. The summed E-state index contributed by atoms with van der Waals surface area (Å²) in [5.41, 5.74) is 0. The number of unbranched alkanes of at least 4 members (excludes halogenated alkanes) is 11. The molecule has 0 saturated heterocycles. The summed E-state index contributed by atoms with van der Waals surface area (Å²) >= 11 is 0. The molecule has 0 radical (unpaired) electrons. The molecule has 0 rings (SSSR count). The second-order valence-corrected chi connectivity index (χ2v) is 10.5. The Labute approximate surface area is 247 Å². The fraction of sp³-hybridized carbons (Fsp3) is 0.694. The average Bonchev–Trinajstić information content (AvgIpc) is 2.96. The highest BCUT2D eigenvalue weighted by atomic mass is 16.6. The minimum atomic E-state index is -0.534. The SMILES string of the molecule is CC/C=C\C/C=C\C/C=C\C/C=C\C/C=C\CCCCCCCCCCOCC(CO)OC(=O)CCCCCC. The Balaban J connectivity index is 3.44. The van der Waals surface area contributed by atoms with Gasteiger partial charge < -0.3 is 14.6 Å². The fourth-order valence-corrected chi connectivity index (χ4v) is 4.18. The molecule has 4 heteroatoms. The summed E-state index contributed by atoms with van der Waals surface area (Å²) in [5.74, 6) is -0.225. The van der Waals surface area contributed by atoms with Gasteiger partial charge in [0.2, 0.25) is 0 Å². The van der Waals surface area contributed by atoms with Crippen molar-refractivity contribution in [1.82, 2.24) is 0 Å². The Hall–Kier alpha value is -1.91. The van der Waals surface area contributed by atoms with E-state index in [9.17, 15) is 9.90 Å². The number of hydrogen-bond acceptors (Lipinski definition) is 4. The molecule has 0 saturated carbocycles. The van der Waals surface area contributed by atoms with Gasteiger partial charge in [0.25, 0.3) is 0 Å². The van der Waals surface area contributed by atoms with Crippen molar-refractivity contribution in [2.24, 2.45) is 0 Å². The number of allylic oxidation sites excluding steroid dienone is 10. The molecule has 40 heavy (non-hydrogen) atoms. The maximum absolute atomic E-state index is 11.8. The molecular formula is C36H62O4. The van der Waals surface area contributed by atoms with Crippen LogP contribution in [0.3, 0.4) is 0 Å². The Morgan fingerprint density at radius 1 is 0.625 bits per heavy atom. The summed E-state index contributed by atoms with van der Waals surface area (Å²) in [6.07, 6.45) is 43.0. The quantitative estimate of drug-likeness (QED) is 0.0564. The van der Waals surface area contributed by atoms with E-state index in [1.54, 1.807) is 0 Å². The van der Waals surface area contributed by atoms with Crippen LogP contribution in [0.1, 0.15) is 136 Å². The van der Waals surface area contributed by atoms with Crippen LogP contribution >= 0.6 is 0 Å². The maximum Gasteiger partial charge on any atom is 0.306 e. The number of esters is 1. The third kappa shape index (κ3) is 30.6. The zero-order valence-electron chi connectivity index (χ0n) is 26.1. The molecule has 1 N–H and O–H groups in total. The smallest absolute Gasteiger partial charge is 0.306 e. The fourth-order valence-electron chi connectivity index (χ4n) is 4.18. The molecule has 0 aromatic carbocycles. The van der Waals surface area contributed by atoms with E-state index < -0.39 is 6.10 Å². The molecule has 4 nitrogen and oxygen atoms in total. The summed E-state index contributed by atoms with van der Waals surface area (Å²) in [6.45, 7) is 5.08. The number of rotatable bonds is 29. The lowest BCUT2D eigenvalue weighted by Gasteiger charge is -2.15. The molecule has 0 aliphatic heterocycles. The highest BCUT2D eigenvalue weighted by Crippen LogP contribution is 2.11. The van der Waals surface area contributed by atoms with E-state index in [0.717, 1.165) is 64.2 Å². The predicted molar refractivity (Wildman–Crippen MR) is 173 cm³/mol. The van der Waals surface area contributed by atoms with Crippen molar-refractivity contribution in [1.29, 1.82) is 0 Å². The molecule has 1 atom stereocenters. The molecule has 0 amide bonds. The van der Waals surface area contributed by atoms with Crippen molar-refractivity contribution < 1.29 is 19.4 Å². The van der Waals surface area contributed by atoms with E-state index in [1.165, 1.54) is 51.4 Å². The van der Waals surface area contributed by atoms with Gasteiger partial charge in [0.05, 0.1) is 13.2 Å².